The van der Waals surface area contributed by atoms with Crippen molar-refractivity contribution >= 4 is 23.1 Å². The fraction of sp³-hybridized carbons (Fsp3) is 0.333. The number of carbonyl (C=O) groups excluding carboxylic acids is 1. The van der Waals surface area contributed by atoms with Gasteiger partial charge in [-0.1, -0.05) is 0 Å². The zero-order chi connectivity index (χ0) is 17.8. The fourth-order valence-corrected chi connectivity index (χ4v) is 2.44. The molecule has 0 bridgehead atoms. The van der Waals surface area contributed by atoms with E-state index in [9.17, 15) is 4.79 Å². The maximum atomic E-state index is 11.7. The summed E-state index contributed by atoms with van der Waals surface area (Å²) in [6.07, 6.45) is 3.59. The molecule has 1 amide bonds. The van der Waals surface area contributed by atoms with E-state index in [4.69, 9.17) is 14.2 Å². The third-order valence-corrected chi connectivity index (χ3v) is 3.92. The van der Waals surface area contributed by atoms with Crippen LogP contribution in [0.15, 0.2) is 30.5 Å². The number of nitrogens with one attached hydrogen (secondary N) is 2. The van der Waals surface area contributed by atoms with Crippen LogP contribution in [0.4, 0.5) is 17.2 Å². The van der Waals surface area contributed by atoms with E-state index in [-0.39, 0.29) is 11.8 Å². The molecule has 2 N–H and O–H groups in total. The quantitative estimate of drug-likeness (QED) is 0.803. The van der Waals surface area contributed by atoms with Crippen molar-refractivity contribution in [2.45, 2.75) is 12.8 Å². The van der Waals surface area contributed by atoms with Gasteiger partial charge >= 0.3 is 0 Å². The molecule has 2 aromatic rings. The second kappa shape index (κ2) is 7.29. The predicted octanol–water partition coefficient (Wildman–Crippen LogP) is 3.20. The lowest BCUT2D eigenvalue weighted by Crippen LogP contribution is -2.14. The number of nitrogens with zero attached hydrogens (tertiary/aromatic N) is 1. The van der Waals surface area contributed by atoms with Crippen LogP contribution >= 0.6 is 0 Å². The van der Waals surface area contributed by atoms with Crippen LogP contribution in [0, 0.1) is 5.92 Å². The summed E-state index contributed by atoms with van der Waals surface area (Å²) in [6.45, 7) is 0. The van der Waals surface area contributed by atoms with Crippen molar-refractivity contribution in [1.29, 1.82) is 0 Å². The van der Waals surface area contributed by atoms with E-state index in [1.807, 2.05) is 18.2 Å². The molecule has 1 fully saturated rings. The van der Waals surface area contributed by atoms with Crippen molar-refractivity contribution in [3.63, 3.8) is 0 Å². The molecule has 1 aliphatic rings. The summed E-state index contributed by atoms with van der Waals surface area (Å²) in [5, 5.41) is 6.04. The lowest BCUT2D eigenvalue weighted by atomic mass is 10.2. The molecule has 1 aliphatic carbocycles. The Morgan fingerprint density at radius 1 is 1.04 bits per heavy atom. The highest BCUT2D eigenvalue weighted by Crippen LogP contribution is 2.40. The minimum Gasteiger partial charge on any atom is -0.493 e. The predicted molar refractivity (Wildman–Crippen MR) is 95.0 cm³/mol. The second-order valence-corrected chi connectivity index (χ2v) is 5.73. The van der Waals surface area contributed by atoms with Crippen LogP contribution in [-0.2, 0) is 4.79 Å². The van der Waals surface area contributed by atoms with Gasteiger partial charge in [0.25, 0.3) is 0 Å². The van der Waals surface area contributed by atoms with E-state index in [0.29, 0.717) is 23.1 Å². The van der Waals surface area contributed by atoms with E-state index in [1.165, 1.54) is 0 Å². The van der Waals surface area contributed by atoms with Gasteiger partial charge in [0.2, 0.25) is 11.7 Å². The molecule has 7 nitrogen and oxygen atoms in total. The first kappa shape index (κ1) is 16.9. The van der Waals surface area contributed by atoms with Crippen molar-refractivity contribution < 1.29 is 19.0 Å². The van der Waals surface area contributed by atoms with Crippen LogP contribution in [0.2, 0.25) is 0 Å². The summed E-state index contributed by atoms with van der Waals surface area (Å²) in [5.74, 6) is 2.40. The lowest BCUT2D eigenvalue weighted by molar-refractivity contribution is -0.117. The van der Waals surface area contributed by atoms with Crippen LogP contribution in [-0.4, -0.2) is 32.2 Å². The topological polar surface area (TPSA) is 81.7 Å². The summed E-state index contributed by atoms with van der Waals surface area (Å²) in [6, 6.07) is 7.23. The molecule has 0 spiro atoms. The summed E-state index contributed by atoms with van der Waals surface area (Å²) < 4.78 is 16.0. The van der Waals surface area contributed by atoms with Gasteiger partial charge in [0, 0.05) is 23.7 Å². The van der Waals surface area contributed by atoms with E-state index in [1.54, 1.807) is 33.6 Å². The Bertz CT molecular complexity index is 732. The summed E-state index contributed by atoms with van der Waals surface area (Å²) in [4.78, 5) is 16.0. The van der Waals surface area contributed by atoms with Crippen molar-refractivity contribution in [3.8, 4) is 17.2 Å². The Morgan fingerprint density at radius 2 is 1.72 bits per heavy atom. The normalized spacial score (nSPS) is 13.1. The van der Waals surface area contributed by atoms with Gasteiger partial charge < -0.3 is 24.8 Å². The SMILES string of the molecule is COc1cc(Nc2ccc(NC(=O)C3CC3)nc2)cc(OC)c1OC. The van der Waals surface area contributed by atoms with Gasteiger partial charge in [-0.2, -0.15) is 0 Å². The molecule has 0 radical (unpaired) electrons. The van der Waals surface area contributed by atoms with Crippen LogP contribution in [0.1, 0.15) is 12.8 Å². The summed E-state index contributed by atoms with van der Waals surface area (Å²) in [5.41, 5.74) is 1.55. The average molecular weight is 343 g/mol. The molecule has 0 aliphatic heterocycles. The second-order valence-electron chi connectivity index (χ2n) is 5.73. The first-order chi connectivity index (χ1) is 12.1. The molecule has 3 rings (SSSR count). The van der Waals surface area contributed by atoms with Crippen LogP contribution in [0.5, 0.6) is 17.2 Å². The van der Waals surface area contributed by atoms with E-state index in [2.05, 4.69) is 15.6 Å². The Hall–Kier alpha value is -2.96. The monoisotopic (exact) mass is 343 g/mol. The van der Waals surface area contributed by atoms with E-state index in [0.717, 1.165) is 24.2 Å². The van der Waals surface area contributed by atoms with Gasteiger partial charge in [0.15, 0.2) is 11.5 Å². The zero-order valence-corrected chi connectivity index (χ0v) is 14.5. The molecular weight excluding hydrogens is 322 g/mol. The zero-order valence-electron chi connectivity index (χ0n) is 14.5. The highest BCUT2D eigenvalue weighted by Gasteiger charge is 2.29. The smallest absolute Gasteiger partial charge is 0.228 e. The summed E-state index contributed by atoms with van der Waals surface area (Å²) in [7, 11) is 4.70. The van der Waals surface area contributed by atoms with Gasteiger partial charge in [-0.3, -0.25) is 4.79 Å². The number of amides is 1. The van der Waals surface area contributed by atoms with Gasteiger partial charge in [-0.15, -0.1) is 0 Å². The molecule has 1 aromatic heterocycles. The minimum atomic E-state index is 0.0397. The Kier molecular flexibility index (Phi) is 4.92. The Balaban J connectivity index is 1.74. The third-order valence-electron chi connectivity index (χ3n) is 3.92. The van der Waals surface area contributed by atoms with Gasteiger partial charge in [0.05, 0.1) is 33.2 Å². The molecular formula is C18H21N3O4. The van der Waals surface area contributed by atoms with Crippen molar-refractivity contribution in [2.24, 2.45) is 5.92 Å². The van der Waals surface area contributed by atoms with Gasteiger partial charge in [0.1, 0.15) is 5.82 Å². The van der Waals surface area contributed by atoms with Crippen LogP contribution in [0.25, 0.3) is 0 Å². The number of ether oxygens (including phenoxy) is 3. The summed E-state index contributed by atoms with van der Waals surface area (Å²) >= 11 is 0. The van der Waals surface area contributed by atoms with Crippen LogP contribution < -0.4 is 24.8 Å². The number of aromatic nitrogens is 1. The molecule has 7 heteroatoms. The number of anilines is 3. The molecule has 1 saturated carbocycles. The standard InChI is InChI=1S/C18H21N3O4/c1-23-14-8-13(9-15(24-2)17(14)25-3)20-12-6-7-16(19-10-12)21-18(22)11-4-5-11/h6-11,20H,4-5H2,1-3H3,(H,19,21,22). The molecule has 25 heavy (non-hydrogen) atoms. The maximum Gasteiger partial charge on any atom is 0.228 e. The number of pyridine rings is 1. The van der Waals surface area contributed by atoms with Crippen molar-refractivity contribution in [1.82, 2.24) is 4.98 Å². The highest BCUT2D eigenvalue weighted by atomic mass is 16.5. The van der Waals surface area contributed by atoms with E-state index < -0.39 is 0 Å². The van der Waals surface area contributed by atoms with Crippen molar-refractivity contribution in [3.05, 3.63) is 30.5 Å². The molecule has 0 unspecified atom stereocenters. The average Bonchev–Trinajstić information content (AvgIpc) is 3.47. The molecule has 0 saturated heterocycles. The first-order valence-corrected chi connectivity index (χ1v) is 7.98. The number of carbonyl (C=O) groups is 1. The number of benzene rings is 1. The largest absolute Gasteiger partial charge is 0.493 e. The van der Waals surface area contributed by atoms with Gasteiger partial charge in [-0.25, -0.2) is 4.98 Å². The number of rotatable bonds is 7. The third kappa shape index (κ3) is 3.93. The van der Waals surface area contributed by atoms with Gasteiger partial charge in [-0.05, 0) is 25.0 Å². The molecule has 1 heterocycles. The highest BCUT2D eigenvalue weighted by molar-refractivity contribution is 5.93. The Labute approximate surface area is 146 Å². The number of hydrogen-bond acceptors (Lipinski definition) is 6. The molecule has 132 valence electrons. The minimum absolute atomic E-state index is 0.0397. The van der Waals surface area contributed by atoms with Crippen molar-refractivity contribution in [2.75, 3.05) is 32.0 Å². The first-order valence-electron chi connectivity index (χ1n) is 7.98. The lowest BCUT2D eigenvalue weighted by Gasteiger charge is -2.15. The molecule has 1 aromatic carbocycles. The number of methoxy groups -OCH3 is 3. The Morgan fingerprint density at radius 3 is 2.20 bits per heavy atom. The van der Waals surface area contributed by atoms with E-state index >= 15 is 0 Å². The molecule has 0 atom stereocenters. The number of hydrogen-bond donors (Lipinski definition) is 2. The van der Waals surface area contributed by atoms with Crippen LogP contribution in [0.3, 0.4) is 0 Å². The maximum absolute atomic E-state index is 11.7. The fourth-order valence-electron chi connectivity index (χ4n) is 2.44.